The molecule has 0 bridgehead atoms. The Balaban J connectivity index is 1.38. The molecule has 0 aromatic heterocycles. The largest absolute Gasteiger partial charge is 0.374 e. The number of hydrogen-bond donors (Lipinski definition) is 1. The lowest BCUT2D eigenvalue weighted by molar-refractivity contribution is -0.0277. The van der Waals surface area contributed by atoms with E-state index in [0.29, 0.717) is 19.2 Å². The van der Waals surface area contributed by atoms with E-state index in [0.717, 1.165) is 24.2 Å². The summed E-state index contributed by atoms with van der Waals surface area (Å²) in [5, 5.41) is 0. The molecule has 1 N–H and O–H groups in total. The van der Waals surface area contributed by atoms with Crippen molar-refractivity contribution < 1.29 is 13.2 Å². The molecule has 2 aliphatic rings. The van der Waals surface area contributed by atoms with Crippen LogP contribution in [-0.4, -0.2) is 51.7 Å². The average molecular weight is 372 g/mol. The Labute approximate surface area is 155 Å². The average Bonchev–Trinajstić information content (AvgIpc) is 3.53. The van der Waals surface area contributed by atoms with E-state index in [4.69, 9.17) is 4.74 Å². The molecule has 1 aliphatic carbocycles. The van der Waals surface area contributed by atoms with E-state index >= 15 is 0 Å². The predicted octanol–water partition coefficient (Wildman–Crippen LogP) is 2.50. The molecule has 4 rings (SSSR count). The van der Waals surface area contributed by atoms with Crippen molar-refractivity contribution in [2.45, 2.75) is 29.9 Å². The molecule has 2 aromatic carbocycles. The van der Waals surface area contributed by atoms with E-state index in [1.165, 1.54) is 12.8 Å². The Kier molecular flexibility index (Phi) is 5.09. The quantitative estimate of drug-likeness (QED) is 0.846. The van der Waals surface area contributed by atoms with Gasteiger partial charge in [0.05, 0.1) is 17.6 Å². The van der Waals surface area contributed by atoms with E-state index < -0.39 is 10.0 Å². The molecular weight excluding hydrogens is 348 g/mol. The van der Waals surface area contributed by atoms with Crippen molar-refractivity contribution in [3.63, 3.8) is 0 Å². The SMILES string of the molecule is O=S(=O)(NC[C@@H]1CN(C2CC2)CCO1)c1ccc(-c2ccccc2)cc1. The molecule has 1 saturated heterocycles. The van der Waals surface area contributed by atoms with Crippen LogP contribution in [0.5, 0.6) is 0 Å². The normalized spacial score (nSPS) is 21.6. The van der Waals surface area contributed by atoms with Gasteiger partial charge in [-0.3, -0.25) is 4.90 Å². The van der Waals surface area contributed by atoms with E-state index in [-0.39, 0.29) is 11.0 Å². The first-order valence-electron chi connectivity index (χ1n) is 9.13. The summed E-state index contributed by atoms with van der Waals surface area (Å²) in [6, 6.07) is 17.6. The minimum atomic E-state index is -3.53. The maximum Gasteiger partial charge on any atom is 0.240 e. The van der Waals surface area contributed by atoms with Crippen molar-refractivity contribution in [1.29, 1.82) is 0 Å². The third-order valence-electron chi connectivity index (χ3n) is 5.01. The van der Waals surface area contributed by atoms with E-state index in [9.17, 15) is 8.42 Å². The molecule has 2 fully saturated rings. The fraction of sp³-hybridized carbons (Fsp3) is 0.400. The van der Waals surface area contributed by atoms with Crippen LogP contribution in [0.3, 0.4) is 0 Å². The summed E-state index contributed by atoms with van der Waals surface area (Å²) in [7, 11) is -3.53. The van der Waals surface area contributed by atoms with Gasteiger partial charge in [-0.15, -0.1) is 0 Å². The Morgan fingerprint density at radius 1 is 1.00 bits per heavy atom. The van der Waals surface area contributed by atoms with Gasteiger partial charge in [0.15, 0.2) is 0 Å². The third kappa shape index (κ3) is 4.15. The minimum absolute atomic E-state index is 0.0808. The lowest BCUT2D eigenvalue weighted by atomic mass is 10.1. The zero-order valence-corrected chi connectivity index (χ0v) is 15.5. The number of ether oxygens (including phenoxy) is 1. The first-order chi connectivity index (χ1) is 12.6. The summed E-state index contributed by atoms with van der Waals surface area (Å²) in [4.78, 5) is 2.70. The van der Waals surface area contributed by atoms with E-state index in [2.05, 4.69) is 9.62 Å². The molecule has 2 aromatic rings. The van der Waals surface area contributed by atoms with Gasteiger partial charge in [0, 0.05) is 25.7 Å². The number of morpholine rings is 1. The summed E-state index contributed by atoms with van der Waals surface area (Å²) in [5.74, 6) is 0. The molecular formula is C20H24N2O3S. The highest BCUT2D eigenvalue weighted by Crippen LogP contribution is 2.28. The molecule has 5 nitrogen and oxygen atoms in total. The van der Waals surface area contributed by atoms with Crippen molar-refractivity contribution in [1.82, 2.24) is 9.62 Å². The van der Waals surface area contributed by atoms with Gasteiger partial charge in [-0.2, -0.15) is 0 Å². The molecule has 26 heavy (non-hydrogen) atoms. The van der Waals surface area contributed by atoms with Crippen LogP contribution in [0.4, 0.5) is 0 Å². The van der Waals surface area contributed by atoms with Crippen LogP contribution >= 0.6 is 0 Å². The fourth-order valence-corrected chi connectivity index (χ4v) is 4.45. The fourth-order valence-electron chi connectivity index (χ4n) is 3.38. The Hall–Kier alpha value is -1.73. The van der Waals surface area contributed by atoms with Crippen LogP contribution in [0, 0.1) is 0 Å². The molecule has 0 unspecified atom stereocenters. The molecule has 1 aliphatic heterocycles. The highest BCUT2D eigenvalue weighted by molar-refractivity contribution is 7.89. The summed E-state index contributed by atoms with van der Waals surface area (Å²) in [6.45, 7) is 2.75. The smallest absolute Gasteiger partial charge is 0.240 e. The zero-order valence-electron chi connectivity index (χ0n) is 14.7. The zero-order chi connectivity index (χ0) is 18.0. The van der Waals surface area contributed by atoms with Crippen molar-refractivity contribution in [2.24, 2.45) is 0 Å². The van der Waals surface area contributed by atoms with Crippen LogP contribution in [-0.2, 0) is 14.8 Å². The highest BCUT2D eigenvalue weighted by atomic mass is 32.2. The van der Waals surface area contributed by atoms with Gasteiger partial charge in [-0.1, -0.05) is 42.5 Å². The molecule has 1 heterocycles. The van der Waals surface area contributed by atoms with Crippen molar-refractivity contribution in [3.05, 3.63) is 54.6 Å². The summed E-state index contributed by atoms with van der Waals surface area (Å²) >= 11 is 0. The van der Waals surface area contributed by atoms with E-state index in [1.54, 1.807) is 12.1 Å². The first-order valence-corrected chi connectivity index (χ1v) is 10.6. The number of sulfonamides is 1. The first kappa shape index (κ1) is 17.7. The molecule has 0 spiro atoms. The highest BCUT2D eigenvalue weighted by Gasteiger charge is 2.33. The molecule has 0 amide bonds. The summed E-state index contributed by atoms with van der Waals surface area (Å²) in [5.41, 5.74) is 2.07. The van der Waals surface area contributed by atoms with Crippen LogP contribution in [0.1, 0.15) is 12.8 Å². The molecule has 6 heteroatoms. The van der Waals surface area contributed by atoms with Gasteiger partial charge in [0.25, 0.3) is 0 Å². The van der Waals surface area contributed by atoms with Gasteiger partial charge in [-0.05, 0) is 36.1 Å². The van der Waals surface area contributed by atoms with Crippen molar-refractivity contribution in [3.8, 4) is 11.1 Å². The van der Waals surface area contributed by atoms with Crippen molar-refractivity contribution in [2.75, 3.05) is 26.2 Å². The number of nitrogens with zero attached hydrogens (tertiary/aromatic N) is 1. The lowest BCUT2D eigenvalue weighted by Crippen LogP contribution is -2.48. The second-order valence-corrected chi connectivity index (χ2v) is 8.73. The summed E-state index contributed by atoms with van der Waals surface area (Å²) in [6.07, 6.45) is 2.43. The number of rotatable bonds is 6. The monoisotopic (exact) mass is 372 g/mol. The maximum absolute atomic E-state index is 12.6. The third-order valence-corrected chi connectivity index (χ3v) is 6.45. The van der Waals surface area contributed by atoms with Crippen molar-refractivity contribution >= 4 is 10.0 Å². The van der Waals surface area contributed by atoms with Gasteiger partial charge >= 0.3 is 0 Å². The Bertz CT molecular complexity index is 833. The second kappa shape index (κ2) is 7.48. The van der Waals surface area contributed by atoms with Gasteiger partial charge in [-0.25, -0.2) is 13.1 Å². The molecule has 1 saturated carbocycles. The maximum atomic E-state index is 12.6. The lowest BCUT2D eigenvalue weighted by Gasteiger charge is -2.33. The van der Waals surface area contributed by atoms with Gasteiger partial charge in [0.1, 0.15) is 0 Å². The topological polar surface area (TPSA) is 58.6 Å². The predicted molar refractivity (Wildman–Crippen MR) is 101 cm³/mol. The van der Waals surface area contributed by atoms with Crippen LogP contribution in [0.2, 0.25) is 0 Å². The molecule has 0 radical (unpaired) electrons. The second-order valence-electron chi connectivity index (χ2n) is 6.96. The van der Waals surface area contributed by atoms with Crippen LogP contribution < -0.4 is 4.72 Å². The Morgan fingerprint density at radius 3 is 2.38 bits per heavy atom. The standard InChI is InChI=1S/C20H24N2O3S/c23-26(24,21-14-19-15-22(12-13-25-19)18-8-9-18)20-10-6-17(7-11-20)16-4-2-1-3-5-16/h1-7,10-11,18-19,21H,8-9,12-15H2/t19-/m1/s1. The molecule has 138 valence electrons. The Morgan fingerprint density at radius 2 is 1.69 bits per heavy atom. The number of hydrogen-bond acceptors (Lipinski definition) is 4. The van der Waals surface area contributed by atoms with Crippen LogP contribution in [0.25, 0.3) is 11.1 Å². The van der Waals surface area contributed by atoms with E-state index in [1.807, 2.05) is 42.5 Å². The van der Waals surface area contributed by atoms with Gasteiger partial charge in [0.2, 0.25) is 10.0 Å². The number of benzene rings is 2. The van der Waals surface area contributed by atoms with Gasteiger partial charge < -0.3 is 4.74 Å². The van der Waals surface area contributed by atoms with Crippen LogP contribution in [0.15, 0.2) is 59.5 Å². The summed E-state index contributed by atoms with van der Waals surface area (Å²) < 4.78 is 33.6. The number of nitrogens with one attached hydrogen (secondary N) is 1. The molecule has 1 atom stereocenters. The minimum Gasteiger partial charge on any atom is -0.374 e.